The summed E-state index contributed by atoms with van der Waals surface area (Å²) in [6.45, 7) is 8.80. The van der Waals surface area contributed by atoms with Crippen LogP contribution in [0.15, 0.2) is 0 Å². The molecule has 1 spiro atoms. The Morgan fingerprint density at radius 1 is 1.04 bits per heavy atom. The summed E-state index contributed by atoms with van der Waals surface area (Å²) in [4.78, 5) is 23.3. The van der Waals surface area contributed by atoms with Crippen molar-refractivity contribution in [3.8, 4) is 17.2 Å². The quantitative estimate of drug-likeness (QED) is 0.708. The van der Waals surface area contributed by atoms with Crippen molar-refractivity contribution in [3.63, 3.8) is 0 Å². The van der Waals surface area contributed by atoms with Crippen LogP contribution in [0.1, 0.15) is 92.0 Å². The van der Waals surface area contributed by atoms with Crippen molar-refractivity contribution < 1.29 is 24.5 Å². The zero-order valence-electron chi connectivity index (χ0n) is 17.1. The molecule has 3 aliphatic rings. The molecule has 1 aromatic carbocycles. The van der Waals surface area contributed by atoms with Gasteiger partial charge < -0.3 is 14.9 Å². The van der Waals surface area contributed by atoms with Gasteiger partial charge in [-0.3, -0.25) is 9.59 Å². The number of benzene rings is 1. The lowest BCUT2D eigenvalue weighted by molar-refractivity contribution is 0.0145. The number of hydrogen-bond donors (Lipinski definition) is 2. The fraction of sp³-hybridized carbons (Fsp3) is 0.652. The highest BCUT2D eigenvalue weighted by atomic mass is 16.5. The molecule has 28 heavy (non-hydrogen) atoms. The molecule has 0 saturated heterocycles. The second-order valence-electron chi connectivity index (χ2n) is 9.85. The molecule has 0 bridgehead atoms. The topological polar surface area (TPSA) is 83.8 Å². The Hall–Kier alpha value is -2.04. The fourth-order valence-electron chi connectivity index (χ4n) is 6.23. The van der Waals surface area contributed by atoms with E-state index in [1.807, 2.05) is 0 Å². The van der Waals surface area contributed by atoms with Crippen molar-refractivity contribution >= 4 is 12.6 Å². The average Bonchev–Trinajstić information content (AvgIpc) is 3.30. The van der Waals surface area contributed by atoms with E-state index in [2.05, 4.69) is 27.7 Å². The Balaban J connectivity index is 1.88. The molecule has 0 amide bonds. The maximum Gasteiger partial charge on any atom is 0.157 e. The van der Waals surface area contributed by atoms with Gasteiger partial charge in [-0.2, -0.15) is 0 Å². The Kier molecular flexibility index (Phi) is 4.29. The Morgan fingerprint density at radius 2 is 1.71 bits per heavy atom. The van der Waals surface area contributed by atoms with E-state index < -0.39 is 5.75 Å². The minimum atomic E-state index is -0.481. The summed E-state index contributed by atoms with van der Waals surface area (Å²) < 4.78 is 6.54. The number of carbonyl (C=O) groups is 2. The molecule has 4 rings (SSSR count). The van der Waals surface area contributed by atoms with Gasteiger partial charge in [-0.25, -0.2) is 0 Å². The lowest BCUT2D eigenvalue weighted by atomic mass is 9.75. The number of aromatic hydroxyl groups is 2. The molecule has 1 aromatic rings. The van der Waals surface area contributed by atoms with Crippen LogP contribution in [0.2, 0.25) is 0 Å². The van der Waals surface area contributed by atoms with Crippen LogP contribution in [0.4, 0.5) is 0 Å². The van der Waals surface area contributed by atoms with Gasteiger partial charge in [-0.1, -0.05) is 27.7 Å². The zero-order valence-corrected chi connectivity index (χ0v) is 17.1. The molecule has 2 aliphatic carbocycles. The normalized spacial score (nSPS) is 32.9. The Bertz CT molecular complexity index is 842. The standard InChI is InChI=1S/C23H30O5/c1-12(2)7-14-8-23(6-5-22(13(3)4)9-17(22)23)28-21-16(11-25)19(26)15(10-24)20(27)18(14)21/h10-14,17,26-27H,5-9H2,1-4H3/t14?,17?,22?,23-/m1/s1. The van der Waals surface area contributed by atoms with E-state index in [1.165, 1.54) is 0 Å². The van der Waals surface area contributed by atoms with Gasteiger partial charge in [0.25, 0.3) is 0 Å². The van der Waals surface area contributed by atoms with Gasteiger partial charge in [-0.15, -0.1) is 0 Å². The van der Waals surface area contributed by atoms with Crippen LogP contribution in [0, 0.1) is 23.2 Å². The van der Waals surface area contributed by atoms with Gasteiger partial charge in [0, 0.05) is 11.5 Å². The average molecular weight is 386 g/mol. The van der Waals surface area contributed by atoms with Crippen molar-refractivity contribution in [2.75, 3.05) is 0 Å². The highest BCUT2D eigenvalue weighted by Crippen LogP contribution is 2.74. The molecule has 2 N–H and O–H groups in total. The van der Waals surface area contributed by atoms with Crippen molar-refractivity contribution in [1.82, 2.24) is 0 Å². The van der Waals surface area contributed by atoms with E-state index in [0.29, 0.717) is 47.1 Å². The van der Waals surface area contributed by atoms with E-state index in [4.69, 9.17) is 4.74 Å². The highest BCUT2D eigenvalue weighted by Gasteiger charge is 2.71. The van der Waals surface area contributed by atoms with Crippen molar-refractivity contribution in [2.45, 2.75) is 71.3 Å². The number of phenolic OH excluding ortho intramolecular Hbond substituents is 2. The maximum atomic E-state index is 11.8. The molecule has 3 unspecified atom stereocenters. The van der Waals surface area contributed by atoms with Gasteiger partial charge in [-0.05, 0) is 55.3 Å². The molecule has 1 aliphatic heterocycles. The fourth-order valence-corrected chi connectivity index (χ4v) is 6.23. The number of aldehydes is 2. The number of fused-ring (bicyclic) bond motifs is 3. The SMILES string of the molecule is CC(C)CC1C[C@@]2(CCC3(C(C)C)CC32)Oc2c(C=O)c(O)c(C=O)c(O)c21. The first kappa shape index (κ1) is 19.3. The third kappa shape index (κ3) is 2.44. The zero-order chi connectivity index (χ0) is 20.4. The first-order chi connectivity index (χ1) is 13.2. The molecule has 2 fully saturated rings. The summed E-state index contributed by atoms with van der Waals surface area (Å²) in [5, 5.41) is 21.2. The lowest BCUT2D eigenvalue weighted by Crippen LogP contribution is -2.42. The van der Waals surface area contributed by atoms with Crippen LogP contribution >= 0.6 is 0 Å². The molecule has 5 heteroatoms. The second-order valence-corrected chi connectivity index (χ2v) is 9.85. The van der Waals surface area contributed by atoms with Gasteiger partial charge in [0.2, 0.25) is 0 Å². The van der Waals surface area contributed by atoms with E-state index in [1.54, 1.807) is 0 Å². The van der Waals surface area contributed by atoms with Crippen molar-refractivity contribution in [2.24, 2.45) is 23.2 Å². The summed E-state index contributed by atoms with van der Waals surface area (Å²) in [6.07, 6.45) is 5.74. The van der Waals surface area contributed by atoms with Crippen molar-refractivity contribution in [3.05, 3.63) is 16.7 Å². The van der Waals surface area contributed by atoms with E-state index >= 15 is 0 Å². The van der Waals surface area contributed by atoms with Gasteiger partial charge >= 0.3 is 0 Å². The number of carbonyl (C=O) groups excluding carboxylic acids is 2. The van der Waals surface area contributed by atoms with Crippen molar-refractivity contribution in [1.29, 1.82) is 0 Å². The molecule has 0 aromatic heterocycles. The van der Waals surface area contributed by atoms with E-state index in [9.17, 15) is 19.8 Å². The molecule has 1 heterocycles. The van der Waals surface area contributed by atoms with Crippen LogP contribution in [-0.2, 0) is 0 Å². The summed E-state index contributed by atoms with van der Waals surface area (Å²) in [5.74, 6) is 0.968. The third-order valence-corrected chi connectivity index (χ3v) is 7.72. The first-order valence-electron chi connectivity index (χ1n) is 10.4. The van der Waals surface area contributed by atoms with Crippen LogP contribution < -0.4 is 4.74 Å². The second kappa shape index (κ2) is 6.23. The summed E-state index contributed by atoms with van der Waals surface area (Å²) >= 11 is 0. The number of hydrogen-bond acceptors (Lipinski definition) is 5. The third-order valence-electron chi connectivity index (χ3n) is 7.72. The molecule has 5 nitrogen and oxygen atoms in total. The largest absolute Gasteiger partial charge is 0.507 e. The van der Waals surface area contributed by atoms with E-state index in [0.717, 1.165) is 32.1 Å². The molecular weight excluding hydrogens is 356 g/mol. The summed E-state index contributed by atoms with van der Waals surface area (Å²) in [7, 11) is 0. The minimum absolute atomic E-state index is 0.00886. The molecule has 4 atom stereocenters. The molecule has 152 valence electrons. The predicted octanol–water partition coefficient (Wildman–Crippen LogP) is 4.83. The molecular formula is C23H30O5. The van der Waals surface area contributed by atoms with E-state index in [-0.39, 0.29) is 28.4 Å². The van der Waals surface area contributed by atoms with Gasteiger partial charge in [0.1, 0.15) is 22.8 Å². The minimum Gasteiger partial charge on any atom is -0.507 e. The molecule has 0 radical (unpaired) electrons. The van der Waals surface area contributed by atoms with Crippen LogP contribution in [0.3, 0.4) is 0 Å². The summed E-state index contributed by atoms with van der Waals surface area (Å²) in [6, 6.07) is 0. The molecule has 2 saturated carbocycles. The Labute approximate surface area is 166 Å². The lowest BCUT2D eigenvalue weighted by Gasteiger charge is -2.43. The Morgan fingerprint density at radius 3 is 2.21 bits per heavy atom. The number of phenols is 2. The maximum absolute atomic E-state index is 11.8. The number of ether oxygens (including phenoxy) is 1. The highest BCUT2D eigenvalue weighted by molar-refractivity contribution is 5.95. The van der Waals surface area contributed by atoms with Crippen LogP contribution in [0.25, 0.3) is 0 Å². The first-order valence-corrected chi connectivity index (χ1v) is 10.4. The van der Waals surface area contributed by atoms with Gasteiger partial charge in [0.15, 0.2) is 12.6 Å². The monoisotopic (exact) mass is 386 g/mol. The summed E-state index contributed by atoms with van der Waals surface area (Å²) in [5.41, 5.74) is 0.252. The van der Waals surface area contributed by atoms with Gasteiger partial charge in [0.05, 0.1) is 11.1 Å². The smallest absolute Gasteiger partial charge is 0.157 e. The number of rotatable bonds is 5. The predicted molar refractivity (Wildman–Crippen MR) is 105 cm³/mol. The van der Waals surface area contributed by atoms with Crippen LogP contribution in [0.5, 0.6) is 17.2 Å². The van der Waals surface area contributed by atoms with Crippen LogP contribution in [-0.4, -0.2) is 28.4 Å².